The molecule has 1 aromatic carbocycles. The van der Waals surface area contributed by atoms with Crippen molar-refractivity contribution in [1.82, 2.24) is 0 Å². The van der Waals surface area contributed by atoms with Crippen molar-refractivity contribution in [2.24, 2.45) is 11.7 Å². The molecule has 0 aromatic heterocycles. The zero-order chi connectivity index (χ0) is 14.0. The molecule has 0 unspecified atom stereocenters. The summed E-state index contributed by atoms with van der Waals surface area (Å²) in [5.41, 5.74) is 4.37. The van der Waals surface area contributed by atoms with Gasteiger partial charge in [-0.15, -0.1) is 0 Å². The molecule has 0 radical (unpaired) electrons. The maximum atomic E-state index is 12.9. The number of rotatable bonds is 4. The molecular weight excluding hydrogens is 257 g/mol. The third kappa shape index (κ3) is 3.19. The van der Waals surface area contributed by atoms with Crippen molar-refractivity contribution in [1.29, 1.82) is 5.41 Å². The van der Waals surface area contributed by atoms with Crippen LogP contribution in [0.4, 0.5) is 13.2 Å². The molecule has 1 aliphatic rings. The number of nitrogens with one attached hydrogen (secondary N) is 1. The molecule has 0 bridgehead atoms. The van der Waals surface area contributed by atoms with Gasteiger partial charge in [-0.2, -0.15) is 13.2 Å². The molecule has 0 heterocycles. The second-order valence-corrected chi connectivity index (χ2v) is 4.73. The van der Waals surface area contributed by atoms with Crippen molar-refractivity contribution >= 4 is 5.84 Å². The van der Waals surface area contributed by atoms with Crippen molar-refractivity contribution in [2.45, 2.75) is 25.4 Å². The van der Waals surface area contributed by atoms with E-state index in [-0.39, 0.29) is 11.3 Å². The van der Waals surface area contributed by atoms with E-state index in [4.69, 9.17) is 15.9 Å². The number of halogens is 3. The Bertz CT molecular complexity index is 481. The number of benzene rings is 1. The minimum Gasteiger partial charge on any atom is -0.493 e. The summed E-state index contributed by atoms with van der Waals surface area (Å²) < 4.78 is 44.0. The molecule has 3 N–H and O–H groups in total. The van der Waals surface area contributed by atoms with Gasteiger partial charge in [0.1, 0.15) is 11.6 Å². The van der Waals surface area contributed by atoms with Crippen LogP contribution < -0.4 is 10.5 Å². The summed E-state index contributed by atoms with van der Waals surface area (Å²) in [4.78, 5) is 0. The van der Waals surface area contributed by atoms with Crippen LogP contribution in [0.5, 0.6) is 5.75 Å². The number of ether oxygens (including phenoxy) is 1. The fourth-order valence-corrected chi connectivity index (χ4v) is 1.91. The van der Waals surface area contributed by atoms with Gasteiger partial charge in [0.25, 0.3) is 0 Å². The van der Waals surface area contributed by atoms with E-state index < -0.39 is 17.6 Å². The molecule has 0 aliphatic heterocycles. The molecule has 1 saturated carbocycles. The van der Waals surface area contributed by atoms with Gasteiger partial charge in [0.2, 0.25) is 0 Å². The summed E-state index contributed by atoms with van der Waals surface area (Å²) >= 11 is 0. The highest BCUT2D eigenvalue weighted by atomic mass is 19.4. The molecule has 1 aromatic rings. The Hall–Kier alpha value is -1.72. The SMILES string of the molecule is N=C(N)c1ccc(OCC2CCC2)c(C(F)(F)F)c1. The van der Waals surface area contributed by atoms with E-state index in [1.165, 1.54) is 12.1 Å². The predicted octanol–water partition coefficient (Wildman–Crippen LogP) is 3.17. The molecule has 0 amide bonds. The zero-order valence-corrected chi connectivity index (χ0v) is 10.3. The smallest absolute Gasteiger partial charge is 0.419 e. The minimum atomic E-state index is -4.51. The molecule has 0 spiro atoms. The molecule has 2 rings (SSSR count). The second kappa shape index (κ2) is 5.11. The number of nitrogen functional groups attached to an aromatic ring is 1. The number of hydrogen-bond acceptors (Lipinski definition) is 2. The van der Waals surface area contributed by atoms with Crippen molar-refractivity contribution in [3.05, 3.63) is 29.3 Å². The van der Waals surface area contributed by atoms with Gasteiger partial charge in [-0.1, -0.05) is 6.42 Å². The Balaban J connectivity index is 2.22. The van der Waals surface area contributed by atoms with Crippen molar-refractivity contribution < 1.29 is 17.9 Å². The summed E-state index contributed by atoms with van der Waals surface area (Å²) in [5.74, 6) is -0.228. The topological polar surface area (TPSA) is 59.1 Å². The lowest BCUT2D eigenvalue weighted by Crippen LogP contribution is -2.21. The fraction of sp³-hybridized carbons (Fsp3) is 0.462. The van der Waals surface area contributed by atoms with Crippen molar-refractivity contribution in [2.75, 3.05) is 6.61 Å². The zero-order valence-electron chi connectivity index (χ0n) is 10.3. The van der Waals surface area contributed by atoms with Crippen LogP contribution in [0.2, 0.25) is 0 Å². The van der Waals surface area contributed by atoms with Crippen LogP contribution in [0.3, 0.4) is 0 Å². The molecule has 3 nitrogen and oxygen atoms in total. The molecule has 6 heteroatoms. The standard InChI is InChI=1S/C13H15F3N2O/c14-13(15,16)10-6-9(12(17)18)4-5-11(10)19-7-8-2-1-3-8/h4-6,8H,1-3,7H2,(H3,17,18). The van der Waals surface area contributed by atoms with Gasteiger partial charge in [-0.05, 0) is 37.0 Å². The van der Waals surface area contributed by atoms with Gasteiger partial charge >= 0.3 is 6.18 Å². The summed E-state index contributed by atoms with van der Waals surface area (Å²) in [6.45, 7) is 0.308. The highest BCUT2D eigenvalue weighted by Gasteiger charge is 2.35. The summed E-state index contributed by atoms with van der Waals surface area (Å²) in [6, 6.07) is 3.46. The third-order valence-corrected chi connectivity index (χ3v) is 3.30. The maximum absolute atomic E-state index is 12.9. The van der Waals surface area contributed by atoms with Gasteiger partial charge in [-0.3, -0.25) is 5.41 Å². The largest absolute Gasteiger partial charge is 0.493 e. The molecular formula is C13H15F3N2O. The van der Waals surface area contributed by atoms with Crippen LogP contribution in [0, 0.1) is 11.3 Å². The van der Waals surface area contributed by atoms with E-state index in [9.17, 15) is 13.2 Å². The first-order valence-corrected chi connectivity index (χ1v) is 6.06. The van der Waals surface area contributed by atoms with Crippen molar-refractivity contribution in [3.8, 4) is 5.75 Å². The van der Waals surface area contributed by atoms with E-state index >= 15 is 0 Å². The van der Waals surface area contributed by atoms with Crippen LogP contribution in [0.15, 0.2) is 18.2 Å². The average molecular weight is 272 g/mol. The first kappa shape index (κ1) is 13.7. The maximum Gasteiger partial charge on any atom is 0.419 e. The van der Waals surface area contributed by atoms with Gasteiger partial charge in [-0.25, -0.2) is 0 Å². The highest BCUT2D eigenvalue weighted by molar-refractivity contribution is 5.95. The number of amidine groups is 1. The van der Waals surface area contributed by atoms with E-state index in [1.54, 1.807) is 0 Å². The Morgan fingerprint density at radius 1 is 1.37 bits per heavy atom. The molecule has 0 atom stereocenters. The van der Waals surface area contributed by atoms with Gasteiger partial charge in [0.15, 0.2) is 0 Å². The molecule has 1 aliphatic carbocycles. The number of nitrogens with two attached hydrogens (primary N) is 1. The predicted molar refractivity (Wildman–Crippen MR) is 65.3 cm³/mol. The van der Waals surface area contributed by atoms with Crippen LogP contribution >= 0.6 is 0 Å². The summed E-state index contributed by atoms with van der Waals surface area (Å²) in [7, 11) is 0. The van der Waals surface area contributed by atoms with E-state index in [1.807, 2.05) is 0 Å². The van der Waals surface area contributed by atoms with Crippen LogP contribution in [-0.2, 0) is 6.18 Å². The lowest BCUT2D eigenvalue weighted by atomic mass is 9.86. The quantitative estimate of drug-likeness (QED) is 0.653. The number of hydrogen-bond donors (Lipinski definition) is 2. The minimum absolute atomic E-state index is 0.0447. The summed E-state index contributed by atoms with van der Waals surface area (Å²) in [6.07, 6.45) is -1.39. The van der Waals surface area contributed by atoms with E-state index in [0.29, 0.717) is 12.5 Å². The van der Waals surface area contributed by atoms with Crippen LogP contribution in [0.25, 0.3) is 0 Å². The second-order valence-electron chi connectivity index (χ2n) is 4.73. The van der Waals surface area contributed by atoms with Crippen LogP contribution in [0.1, 0.15) is 30.4 Å². The van der Waals surface area contributed by atoms with E-state index in [0.717, 1.165) is 25.3 Å². The molecule has 0 saturated heterocycles. The molecule has 104 valence electrons. The Kier molecular flexibility index (Phi) is 3.68. The first-order valence-electron chi connectivity index (χ1n) is 6.06. The third-order valence-electron chi connectivity index (χ3n) is 3.30. The van der Waals surface area contributed by atoms with Gasteiger partial charge in [0.05, 0.1) is 12.2 Å². The van der Waals surface area contributed by atoms with Crippen LogP contribution in [-0.4, -0.2) is 12.4 Å². The van der Waals surface area contributed by atoms with Gasteiger partial charge < -0.3 is 10.5 Å². The lowest BCUT2D eigenvalue weighted by Gasteiger charge is -2.26. The Morgan fingerprint density at radius 2 is 2.05 bits per heavy atom. The fourth-order valence-electron chi connectivity index (χ4n) is 1.91. The normalized spacial score (nSPS) is 15.9. The van der Waals surface area contributed by atoms with Gasteiger partial charge in [0, 0.05) is 5.56 Å². The van der Waals surface area contributed by atoms with Crippen molar-refractivity contribution in [3.63, 3.8) is 0 Å². The molecule has 1 fully saturated rings. The monoisotopic (exact) mass is 272 g/mol. The highest BCUT2D eigenvalue weighted by Crippen LogP contribution is 2.37. The average Bonchev–Trinajstić information content (AvgIpc) is 2.25. The first-order chi connectivity index (χ1) is 8.88. The Morgan fingerprint density at radius 3 is 2.53 bits per heavy atom. The molecule has 19 heavy (non-hydrogen) atoms. The number of alkyl halides is 3. The lowest BCUT2D eigenvalue weighted by molar-refractivity contribution is -0.139. The Labute approximate surface area is 109 Å². The van der Waals surface area contributed by atoms with E-state index in [2.05, 4.69) is 0 Å². The summed E-state index contributed by atoms with van der Waals surface area (Å²) in [5, 5.41) is 7.19.